The van der Waals surface area contributed by atoms with Crippen molar-refractivity contribution in [2.24, 2.45) is 0 Å². The molecule has 11 heteroatoms. The maximum absolute atomic E-state index is 13.7. The molecule has 3 aromatic rings. The van der Waals surface area contributed by atoms with Crippen LogP contribution >= 0.6 is 11.6 Å². The normalized spacial score (nSPS) is 14.1. The molecule has 1 aliphatic heterocycles. The van der Waals surface area contributed by atoms with Crippen molar-refractivity contribution >= 4 is 29.0 Å². The highest BCUT2D eigenvalue weighted by Crippen LogP contribution is 2.32. The van der Waals surface area contributed by atoms with Crippen molar-refractivity contribution in [2.45, 2.75) is 25.4 Å². The molecule has 0 unspecified atom stereocenters. The van der Waals surface area contributed by atoms with Gasteiger partial charge in [0.1, 0.15) is 18.1 Å². The van der Waals surface area contributed by atoms with Crippen molar-refractivity contribution in [3.63, 3.8) is 0 Å². The van der Waals surface area contributed by atoms with E-state index in [0.717, 1.165) is 31.9 Å². The van der Waals surface area contributed by atoms with Crippen molar-refractivity contribution in [1.29, 1.82) is 0 Å². The summed E-state index contributed by atoms with van der Waals surface area (Å²) in [6, 6.07) is 10.4. The van der Waals surface area contributed by atoms with Crippen LogP contribution in [0.5, 0.6) is 11.5 Å². The van der Waals surface area contributed by atoms with Crippen molar-refractivity contribution in [3.8, 4) is 11.5 Å². The predicted octanol–water partition coefficient (Wildman–Crippen LogP) is 5.50. The van der Waals surface area contributed by atoms with Crippen LogP contribution in [0.25, 0.3) is 0 Å². The molecule has 190 valence electrons. The SMILES string of the molecule is O=C(Cc1cnc(Nc2ccc(OCCN3CCCC3)cc2)nc1C(F)(F)F)c1cc(O)ccc1Cl. The zero-order chi connectivity index (χ0) is 25.7. The van der Waals surface area contributed by atoms with Gasteiger partial charge in [0.15, 0.2) is 11.5 Å². The number of halogens is 4. The lowest BCUT2D eigenvalue weighted by Crippen LogP contribution is -2.25. The Hall–Kier alpha value is -3.37. The molecule has 2 aromatic carbocycles. The number of carbonyl (C=O) groups is 1. The first kappa shape index (κ1) is 25.7. The van der Waals surface area contributed by atoms with Crippen LogP contribution in [0.3, 0.4) is 0 Å². The lowest BCUT2D eigenvalue weighted by atomic mass is 10.0. The summed E-state index contributed by atoms with van der Waals surface area (Å²) in [5.74, 6) is -0.545. The van der Waals surface area contributed by atoms with Gasteiger partial charge in [-0.25, -0.2) is 9.97 Å². The van der Waals surface area contributed by atoms with Crippen LogP contribution in [0.4, 0.5) is 24.8 Å². The highest BCUT2D eigenvalue weighted by molar-refractivity contribution is 6.34. The maximum atomic E-state index is 13.7. The monoisotopic (exact) mass is 520 g/mol. The van der Waals surface area contributed by atoms with E-state index >= 15 is 0 Å². The Morgan fingerprint density at radius 3 is 2.56 bits per heavy atom. The van der Waals surface area contributed by atoms with Gasteiger partial charge in [-0.1, -0.05) is 11.6 Å². The minimum atomic E-state index is -4.81. The number of anilines is 2. The molecule has 0 aliphatic carbocycles. The largest absolute Gasteiger partial charge is 0.508 e. The number of likely N-dealkylation sites (tertiary alicyclic amines) is 1. The second-order valence-corrected chi connectivity index (χ2v) is 8.78. The number of alkyl halides is 3. The van der Waals surface area contributed by atoms with Gasteiger partial charge in [0.05, 0.1) is 5.02 Å². The second kappa shape index (κ2) is 11.1. The summed E-state index contributed by atoms with van der Waals surface area (Å²) in [6.07, 6.45) is -2.07. The number of ketones is 1. The summed E-state index contributed by atoms with van der Waals surface area (Å²) in [5.41, 5.74) is -1.24. The van der Waals surface area contributed by atoms with Crippen molar-refractivity contribution < 1.29 is 27.8 Å². The first-order chi connectivity index (χ1) is 17.2. The van der Waals surface area contributed by atoms with Gasteiger partial charge in [0.2, 0.25) is 5.95 Å². The molecular weight excluding hydrogens is 497 g/mol. The Balaban J connectivity index is 1.43. The second-order valence-electron chi connectivity index (χ2n) is 8.38. The molecule has 1 aliphatic rings. The predicted molar refractivity (Wildman–Crippen MR) is 129 cm³/mol. The average molecular weight is 521 g/mol. The molecule has 1 aromatic heterocycles. The number of aromatic nitrogens is 2. The molecule has 0 amide bonds. The van der Waals surface area contributed by atoms with E-state index in [4.69, 9.17) is 16.3 Å². The zero-order valence-corrected chi connectivity index (χ0v) is 19.9. The van der Waals surface area contributed by atoms with Gasteiger partial charge in [-0.2, -0.15) is 13.2 Å². The quantitative estimate of drug-likeness (QED) is 0.360. The molecule has 2 N–H and O–H groups in total. The molecule has 0 radical (unpaired) electrons. The Bertz CT molecular complexity index is 1220. The molecule has 0 bridgehead atoms. The number of nitrogens with zero attached hydrogens (tertiary/aromatic N) is 3. The van der Waals surface area contributed by atoms with E-state index in [9.17, 15) is 23.1 Å². The van der Waals surface area contributed by atoms with Gasteiger partial charge >= 0.3 is 6.18 Å². The summed E-state index contributed by atoms with van der Waals surface area (Å²) in [5, 5.41) is 12.4. The number of carbonyl (C=O) groups excluding carboxylic acids is 1. The number of phenolic OH excluding ortho intramolecular Hbond substituents is 1. The number of benzene rings is 2. The number of hydrogen-bond acceptors (Lipinski definition) is 7. The van der Waals surface area contributed by atoms with Gasteiger partial charge in [-0.3, -0.25) is 9.69 Å². The zero-order valence-electron chi connectivity index (χ0n) is 19.2. The average Bonchev–Trinajstić information content (AvgIpc) is 3.35. The summed E-state index contributed by atoms with van der Waals surface area (Å²) in [6.45, 7) is 3.57. The third-order valence-corrected chi connectivity index (χ3v) is 6.05. The number of rotatable bonds is 9. The molecule has 1 saturated heterocycles. The Morgan fingerprint density at radius 2 is 1.86 bits per heavy atom. The first-order valence-electron chi connectivity index (χ1n) is 11.4. The minimum Gasteiger partial charge on any atom is -0.508 e. The molecule has 1 fully saturated rings. The number of nitrogens with one attached hydrogen (secondary N) is 1. The highest BCUT2D eigenvalue weighted by Gasteiger charge is 2.36. The number of phenols is 1. The van der Waals surface area contributed by atoms with E-state index in [1.807, 2.05) is 0 Å². The molecule has 0 saturated carbocycles. The van der Waals surface area contributed by atoms with E-state index in [1.165, 1.54) is 25.0 Å². The van der Waals surface area contributed by atoms with Gasteiger partial charge in [-0.15, -0.1) is 0 Å². The molecule has 36 heavy (non-hydrogen) atoms. The van der Waals surface area contributed by atoms with Crippen LogP contribution in [0.1, 0.15) is 34.5 Å². The Kier molecular flexibility index (Phi) is 7.95. The van der Waals surface area contributed by atoms with Gasteiger partial charge in [0, 0.05) is 36.0 Å². The van der Waals surface area contributed by atoms with E-state index in [0.29, 0.717) is 18.0 Å². The number of aromatic hydroxyl groups is 1. The lowest BCUT2D eigenvalue weighted by molar-refractivity contribution is -0.141. The van der Waals surface area contributed by atoms with Crippen molar-refractivity contribution in [1.82, 2.24) is 14.9 Å². The summed E-state index contributed by atoms with van der Waals surface area (Å²) >= 11 is 5.96. The molecule has 2 heterocycles. The Labute approximate surface area is 210 Å². The number of Topliss-reactive ketones (excluding diaryl/α,β-unsaturated/α-hetero) is 1. The van der Waals surface area contributed by atoms with Crippen molar-refractivity contribution in [3.05, 3.63) is 70.5 Å². The van der Waals surface area contributed by atoms with Gasteiger partial charge in [-0.05, 0) is 68.4 Å². The van der Waals surface area contributed by atoms with E-state index < -0.39 is 29.6 Å². The molecular formula is C25H24ClF3N4O3. The van der Waals surface area contributed by atoms with Gasteiger partial charge in [0.25, 0.3) is 0 Å². The Morgan fingerprint density at radius 1 is 1.14 bits per heavy atom. The van der Waals surface area contributed by atoms with Crippen LogP contribution in [0, 0.1) is 0 Å². The maximum Gasteiger partial charge on any atom is 0.433 e. The minimum absolute atomic E-state index is 0.0223. The third-order valence-electron chi connectivity index (χ3n) is 5.72. The van der Waals surface area contributed by atoms with Crippen LogP contribution in [-0.2, 0) is 12.6 Å². The van der Waals surface area contributed by atoms with E-state index in [1.54, 1.807) is 24.3 Å². The van der Waals surface area contributed by atoms with E-state index in [2.05, 4.69) is 20.2 Å². The number of hydrogen-bond donors (Lipinski definition) is 2. The van der Waals surface area contributed by atoms with Gasteiger partial charge < -0.3 is 15.2 Å². The summed E-state index contributed by atoms with van der Waals surface area (Å²) in [7, 11) is 0. The fourth-order valence-electron chi connectivity index (χ4n) is 3.90. The lowest BCUT2D eigenvalue weighted by Gasteiger charge is -2.15. The number of ether oxygens (including phenoxy) is 1. The third kappa shape index (κ3) is 6.64. The first-order valence-corrected chi connectivity index (χ1v) is 11.7. The van der Waals surface area contributed by atoms with Crippen LogP contribution in [0.15, 0.2) is 48.7 Å². The molecule has 0 spiro atoms. The summed E-state index contributed by atoms with van der Waals surface area (Å²) in [4.78, 5) is 22.5. The molecule has 4 rings (SSSR count). The summed E-state index contributed by atoms with van der Waals surface area (Å²) < 4.78 is 46.9. The standard InChI is InChI=1S/C25H24ClF3N4O3/c26-21-8-5-18(34)14-20(21)22(35)13-16-15-30-24(32-23(16)25(27,28)29)31-17-3-6-19(7-4-17)36-12-11-33-9-1-2-10-33/h3-8,14-15,34H,1-2,9-13H2,(H,30,31,32). The highest BCUT2D eigenvalue weighted by atomic mass is 35.5. The molecule has 7 nitrogen and oxygen atoms in total. The molecule has 0 atom stereocenters. The fraction of sp³-hybridized carbons (Fsp3) is 0.320. The van der Waals surface area contributed by atoms with Crippen molar-refractivity contribution in [2.75, 3.05) is 31.6 Å². The van der Waals surface area contributed by atoms with Crippen LogP contribution < -0.4 is 10.1 Å². The van der Waals surface area contributed by atoms with Crippen LogP contribution in [0.2, 0.25) is 5.02 Å². The fourth-order valence-corrected chi connectivity index (χ4v) is 4.12. The topological polar surface area (TPSA) is 87.6 Å². The smallest absolute Gasteiger partial charge is 0.433 e. The van der Waals surface area contributed by atoms with Crippen LogP contribution in [-0.4, -0.2) is 52.0 Å². The van der Waals surface area contributed by atoms with E-state index in [-0.39, 0.29) is 22.3 Å².